The van der Waals surface area contributed by atoms with Gasteiger partial charge in [0, 0.05) is 19.3 Å². The highest BCUT2D eigenvalue weighted by atomic mass is 16.1. The van der Waals surface area contributed by atoms with E-state index in [2.05, 4.69) is 24.5 Å². The predicted octanol–water partition coefficient (Wildman–Crippen LogP) is 4.37. The van der Waals surface area contributed by atoms with E-state index in [9.17, 15) is 4.79 Å². The van der Waals surface area contributed by atoms with E-state index in [0.717, 1.165) is 35.7 Å². The summed E-state index contributed by atoms with van der Waals surface area (Å²) in [4.78, 5) is 12.2. The normalized spacial score (nSPS) is 10.7. The Hall–Kier alpha value is -1.51. The molecule has 1 aromatic carbocycles. The lowest BCUT2D eigenvalue weighted by atomic mass is 10.0. The molecule has 118 valence electrons. The molecule has 0 fully saturated rings. The van der Waals surface area contributed by atoms with Gasteiger partial charge in [0.1, 0.15) is 0 Å². The van der Waals surface area contributed by atoms with Gasteiger partial charge in [0.2, 0.25) is 0 Å². The van der Waals surface area contributed by atoms with Gasteiger partial charge in [-0.15, -0.1) is 0 Å². The summed E-state index contributed by atoms with van der Waals surface area (Å²) in [5, 5.41) is 6.09. The van der Waals surface area contributed by atoms with E-state index < -0.39 is 0 Å². The van der Waals surface area contributed by atoms with E-state index in [4.69, 9.17) is 0 Å². The molecule has 1 rings (SSSR count). The van der Waals surface area contributed by atoms with Crippen molar-refractivity contribution in [2.75, 3.05) is 18.9 Å². The number of anilines is 1. The van der Waals surface area contributed by atoms with Crippen LogP contribution in [0.2, 0.25) is 0 Å². The number of hydrogen-bond donors (Lipinski definition) is 2. The van der Waals surface area contributed by atoms with Crippen LogP contribution in [0.3, 0.4) is 0 Å². The Morgan fingerprint density at radius 3 is 2.52 bits per heavy atom. The minimum absolute atomic E-state index is 0.0187. The van der Waals surface area contributed by atoms with Crippen LogP contribution in [0, 0.1) is 12.8 Å². The van der Waals surface area contributed by atoms with Crippen molar-refractivity contribution < 1.29 is 4.79 Å². The van der Waals surface area contributed by atoms with E-state index in [1.165, 1.54) is 25.7 Å². The highest BCUT2D eigenvalue weighted by molar-refractivity contribution is 5.99. The number of carbonyl (C=O) groups is 1. The van der Waals surface area contributed by atoms with Crippen molar-refractivity contribution in [2.24, 2.45) is 5.92 Å². The molecule has 2 N–H and O–H groups in total. The maximum atomic E-state index is 12.2. The first-order chi connectivity index (χ1) is 10.0. The molecule has 0 heterocycles. The van der Waals surface area contributed by atoms with Gasteiger partial charge >= 0.3 is 0 Å². The fourth-order valence-electron chi connectivity index (χ4n) is 2.39. The molecule has 0 aliphatic heterocycles. The van der Waals surface area contributed by atoms with Gasteiger partial charge in [-0.2, -0.15) is 0 Å². The summed E-state index contributed by atoms with van der Waals surface area (Å²) in [5.74, 6) is 0.816. The number of amides is 1. The second-order valence-corrected chi connectivity index (χ2v) is 6.15. The molecular weight excluding hydrogens is 260 g/mol. The summed E-state index contributed by atoms with van der Waals surface area (Å²) in [6.45, 7) is 7.30. The van der Waals surface area contributed by atoms with Crippen LogP contribution in [0.15, 0.2) is 18.2 Å². The van der Waals surface area contributed by atoms with Gasteiger partial charge in [-0.25, -0.2) is 0 Å². The molecule has 1 aromatic rings. The third kappa shape index (κ3) is 6.65. The van der Waals surface area contributed by atoms with Crippen molar-refractivity contribution in [1.82, 2.24) is 5.32 Å². The van der Waals surface area contributed by atoms with Crippen molar-refractivity contribution in [3.8, 4) is 0 Å². The topological polar surface area (TPSA) is 41.1 Å². The second kappa shape index (κ2) is 9.43. The Morgan fingerprint density at radius 1 is 1.14 bits per heavy atom. The first-order valence-corrected chi connectivity index (χ1v) is 8.11. The summed E-state index contributed by atoms with van der Waals surface area (Å²) in [6, 6.07) is 5.90. The molecule has 3 nitrogen and oxygen atoms in total. The van der Waals surface area contributed by atoms with Gasteiger partial charge in [-0.3, -0.25) is 4.79 Å². The molecule has 0 bridgehead atoms. The number of hydrogen-bond acceptors (Lipinski definition) is 2. The first-order valence-electron chi connectivity index (χ1n) is 8.11. The second-order valence-electron chi connectivity index (χ2n) is 6.15. The van der Waals surface area contributed by atoms with Crippen LogP contribution in [0.5, 0.6) is 0 Å². The van der Waals surface area contributed by atoms with Crippen molar-refractivity contribution in [1.29, 1.82) is 0 Å². The van der Waals surface area contributed by atoms with E-state index >= 15 is 0 Å². The third-order valence-corrected chi connectivity index (χ3v) is 3.68. The van der Waals surface area contributed by atoms with Crippen LogP contribution in [-0.2, 0) is 0 Å². The highest BCUT2D eigenvalue weighted by Gasteiger charge is 2.10. The molecule has 0 spiro atoms. The van der Waals surface area contributed by atoms with Gasteiger partial charge in [0.05, 0.1) is 5.56 Å². The summed E-state index contributed by atoms with van der Waals surface area (Å²) >= 11 is 0. The van der Waals surface area contributed by atoms with Crippen LogP contribution in [0.25, 0.3) is 0 Å². The van der Waals surface area contributed by atoms with Crippen molar-refractivity contribution in [3.63, 3.8) is 0 Å². The van der Waals surface area contributed by atoms with Crippen molar-refractivity contribution in [2.45, 2.75) is 52.9 Å². The smallest absolute Gasteiger partial charge is 0.253 e. The summed E-state index contributed by atoms with van der Waals surface area (Å²) in [6.07, 6.45) is 6.12. The maximum absolute atomic E-state index is 12.2. The van der Waals surface area contributed by atoms with Crippen molar-refractivity contribution >= 4 is 11.6 Å². The largest absolute Gasteiger partial charge is 0.387 e. The summed E-state index contributed by atoms with van der Waals surface area (Å²) in [7, 11) is 1.84. The molecule has 0 radical (unpaired) electrons. The zero-order valence-corrected chi connectivity index (χ0v) is 14.0. The number of rotatable bonds is 9. The fourth-order valence-corrected chi connectivity index (χ4v) is 2.39. The van der Waals surface area contributed by atoms with Gasteiger partial charge in [-0.05, 0) is 31.4 Å². The van der Waals surface area contributed by atoms with Gasteiger partial charge in [-0.1, -0.05) is 51.2 Å². The standard InChI is InChI=1S/C18H30N2O/c1-14(2)9-7-5-6-8-12-20-18(21)16-13-15(3)10-11-17(16)19-4/h10-11,13-14,19H,5-9,12H2,1-4H3,(H,20,21). The fraction of sp³-hybridized carbons (Fsp3) is 0.611. The Bertz CT molecular complexity index is 441. The highest BCUT2D eigenvalue weighted by Crippen LogP contribution is 2.16. The number of benzene rings is 1. The zero-order chi connectivity index (χ0) is 15.7. The average molecular weight is 290 g/mol. The molecule has 0 aliphatic carbocycles. The maximum Gasteiger partial charge on any atom is 0.253 e. The van der Waals surface area contributed by atoms with Crippen LogP contribution in [0.4, 0.5) is 5.69 Å². The lowest BCUT2D eigenvalue weighted by Gasteiger charge is -2.11. The molecule has 0 unspecified atom stereocenters. The molecular formula is C18H30N2O. The molecule has 0 aliphatic rings. The lowest BCUT2D eigenvalue weighted by Crippen LogP contribution is -2.25. The average Bonchev–Trinajstić information content (AvgIpc) is 2.45. The summed E-state index contributed by atoms with van der Waals surface area (Å²) in [5.41, 5.74) is 2.72. The number of unbranched alkanes of at least 4 members (excludes halogenated alkanes) is 3. The Kier molecular flexibility index (Phi) is 7.88. The number of nitrogens with one attached hydrogen (secondary N) is 2. The molecule has 0 saturated heterocycles. The molecule has 1 amide bonds. The number of aryl methyl sites for hydroxylation is 1. The Labute approximate surface area is 129 Å². The minimum Gasteiger partial charge on any atom is -0.387 e. The van der Waals surface area contributed by atoms with Crippen molar-refractivity contribution in [3.05, 3.63) is 29.3 Å². The van der Waals surface area contributed by atoms with E-state index in [1.807, 2.05) is 32.2 Å². The van der Waals surface area contributed by atoms with Crippen LogP contribution >= 0.6 is 0 Å². The predicted molar refractivity (Wildman–Crippen MR) is 91.0 cm³/mol. The zero-order valence-electron chi connectivity index (χ0n) is 14.0. The van der Waals surface area contributed by atoms with Gasteiger partial charge in [0.15, 0.2) is 0 Å². The molecule has 21 heavy (non-hydrogen) atoms. The number of carbonyl (C=O) groups excluding carboxylic acids is 1. The molecule has 0 aromatic heterocycles. The van der Waals surface area contributed by atoms with E-state index in [-0.39, 0.29) is 5.91 Å². The quantitative estimate of drug-likeness (QED) is 0.663. The third-order valence-electron chi connectivity index (χ3n) is 3.68. The Morgan fingerprint density at radius 2 is 1.86 bits per heavy atom. The van der Waals surface area contributed by atoms with E-state index in [1.54, 1.807) is 0 Å². The minimum atomic E-state index is 0.0187. The summed E-state index contributed by atoms with van der Waals surface area (Å²) < 4.78 is 0. The van der Waals surface area contributed by atoms with E-state index in [0.29, 0.717) is 0 Å². The molecule has 0 atom stereocenters. The molecule has 3 heteroatoms. The van der Waals surface area contributed by atoms with Gasteiger partial charge < -0.3 is 10.6 Å². The van der Waals surface area contributed by atoms with Gasteiger partial charge in [0.25, 0.3) is 5.91 Å². The first kappa shape index (κ1) is 17.5. The molecule has 0 saturated carbocycles. The lowest BCUT2D eigenvalue weighted by molar-refractivity contribution is 0.0953. The monoisotopic (exact) mass is 290 g/mol. The van der Waals surface area contributed by atoms with Crippen LogP contribution in [-0.4, -0.2) is 19.5 Å². The SMILES string of the molecule is CNc1ccc(C)cc1C(=O)NCCCCCCC(C)C. The Balaban J connectivity index is 2.29. The van der Waals surface area contributed by atoms with Crippen LogP contribution in [0.1, 0.15) is 61.9 Å². The van der Waals surface area contributed by atoms with Crippen LogP contribution < -0.4 is 10.6 Å².